The molecule has 0 bridgehead atoms. The van der Waals surface area contributed by atoms with Gasteiger partial charge in [-0.25, -0.2) is 0 Å². The van der Waals surface area contributed by atoms with Crippen molar-refractivity contribution >= 4 is 0 Å². The second kappa shape index (κ2) is 6.01. The molecule has 0 unspecified atom stereocenters. The van der Waals surface area contributed by atoms with Crippen molar-refractivity contribution in [3.63, 3.8) is 0 Å². The van der Waals surface area contributed by atoms with Crippen molar-refractivity contribution in [3.8, 4) is 0 Å². The summed E-state index contributed by atoms with van der Waals surface area (Å²) >= 11 is 0. The summed E-state index contributed by atoms with van der Waals surface area (Å²) < 4.78 is 0. The Kier molecular flexibility index (Phi) is 5.77. The minimum absolute atomic E-state index is 0.325. The fourth-order valence-corrected chi connectivity index (χ4v) is 1.35. The van der Waals surface area contributed by atoms with Gasteiger partial charge in [0.1, 0.15) is 0 Å². The van der Waals surface area contributed by atoms with Crippen molar-refractivity contribution < 1.29 is 0 Å². The summed E-state index contributed by atoms with van der Waals surface area (Å²) in [5.41, 5.74) is 1.85. The molecular formula is C13H24. The van der Waals surface area contributed by atoms with Crippen molar-refractivity contribution in [1.82, 2.24) is 0 Å². The molecule has 0 amide bonds. The van der Waals surface area contributed by atoms with Gasteiger partial charge in [0.15, 0.2) is 0 Å². The zero-order valence-electron chi connectivity index (χ0n) is 9.85. The summed E-state index contributed by atoms with van der Waals surface area (Å²) in [7, 11) is 0. The van der Waals surface area contributed by atoms with E-state index in [4.69, 9.17) is 0 Å². The molecule has 0 heteroatoms. The topological polar surface area (TPSA) is 0 Å². The average molecular weight is 180 g/mol. The van der Waals surface area contributed by atoms with Gasteiger partial charge in [0.05, 0.1) is 0 Å². The number of hydrogen-bond acceptors (Lipinski definition) is 0. The van der Waals surface area contributed by atoms with Crippen LogP contribution in [0.15, 0.2) is 23.8 Å². The highest BCUT2D eigenvalue weighted by Gasteiger charge is 2.13. The maximum Gasteiger partial charge on any atom is -0.0170 e. The Balaban J connectivity index is 4.24. The summed E-state index contributed by atoms with van der Waals surface area (Å²) in [6.45, 7) is 11.3. The van der Waals surface area contributed by atoms with Gasteiger partial charge in [-0.3, -0.25) is 0 Å². The molecule has 0 heterocycles. The van der Waals surface area contributed by atoms with E-state index in [1.807, 2.05) is 0 Å². The lowest BCUT2D eigenvalue weighted by Crippen LogP contribution is -2.08. The summed E-state index contributed by atoms with van der Waals surface area (Å²) in [5.74, 6) is 0. The van der Waals surface area contributed by atoms with E-state index in [-0.39, 0.29) is 0 Å². The number of rotatable bonds is 4. The molecule has 0 radical (unpaired) electrons. The van der Waals surface area contributed by atoms with Gasteiger partial charge in [-0.15, -0.1) is 0 Å². The van der Waals surface area contributed by atoms with E-state index in [0.717, 1.165) is 6.42 Å². The Morgan fingerprint density at radius 3 is 2.15 bits per heavy atom. The lowest BCUT2D eigenvalue weighted by atomic mass is 9.84. The molecule has 0 nitrogen and oxygen atoms in total. The van der Waals surface area contributed by atoms with E-state index < -0.39 is 0 Å². The summed E-state index contributed by atoms with van der Waals surface area (Å²) in [6.07, 6.45) is 10.3. The maximum absolute atomic E-state index is 2.27. The highest BCUT2D eigenvalue weighted by molar-refractivity contribution is 5.17. The lowest BCUT2D eigenvalue weighted by Gasteiger charge is -2.21. The van der Waals surface area contributed by atoms with Gasteiger partial charge in [-0.2, -0.15) is 0 Å². The Labute approximate surface area is 83.7 Å². The molecule has 0 rings (SSSR count). The van der Waals surface area contributed by atoms with Crippen molar-refractivity contribution in [2.24, 2.45) is 5.41 Å². The lowest BCUT2D eigenvalue weighted by molar-refractivity contribution is 0.488. The fraction of sp³-hybridized carbons (Fsp3) is 0.692. The van der Waals surface area contributed by atoms with Gasteiger partial charge in [-0.05, 0) is 18.3 Å². The third-order valence-corrected chi connectivity index (χ3v) is 2.23. The van der Waals surface area contributed by atoms with Crippen LogP contribution in [0, 0.1) is 5.41 Å². The monoisotopic (exact) mass is 180 g/mol. The summed E-state index contributed by atoms with van der Waals surface area (Å²) in [4.78, 5) is 0. The number of allylic oxidation sites excluding steroid dienone is 4. The smallest absolute Gasteiger partial charge is 0.0170 e. The van der Waals surface area contributed by atoms with Crippen LogP contribution in [0.5, 0.6) is 0 Å². The first kappa shape index (κ1) is 12.5. The minimum Gasteiger partial charge on any atom is -0.0845 e. The third-order valence-electron chi connectivity index (χ3n) is 2.23. The van der Waals surface area contributed by atoms with Crippen LogP contribution in [0.1, 0.15) is 53.9 Å². The molecule has 0 N–H and O–H groups in total. The van der Waals surface area contributed by atoms with Crippen LogP contribution in [0.4, 0.5) is 0 Å². The average Bonchev–Trinajstić information content (AvgIpc) is 2.02. The predicted octanol–water partition coefficient (Wildman–Crippen LogP) is 4.73. The van der Waals surface area contributed by atoms with E-state index in [2.05, 4.69) is 52.8 Å². The van der Waals surface area contributed by atoms with Gasteiger partial charge in [0.25, 0.3) is 0 Å². The highest BCUT2D eigenvalue weighted by atomic mass is 14.2. The van der Waals surface area contributed by atoms with Crippen LogP contribution >= 0.6 is 0 Å². The normalized spacial score (nSPS) is 14.1. The Hall–Kier alpha value is -0.520. The van der Waals surface area contributed by atoms with Gasteiger partial charge in [-0.1, -0.05) is 64.8 Å². The van der Waals surface area contributed by atoms with Crippen LogP contribution in [0.2, 0.25) is 0 Å². The van der Waals surface area contributed by atoms with Crippen molar-refractivity contribution in [1.29, 1.82) is 0 Å². The van der Waals surface area contributed by atoms with Crippen LogP contribution in [-0.4, -0.2) is 0 Å². The molecule has 0 aliphatic rings. The Morgan fingerprint density at radius 1 is 1.15 bits per heavy atom. The maximum atomic E-state index is 2.27. The standard InChI is InChI=1S/C13H24/c1-6-8-9-10-11-12(7-2)13(3,4)5/h9-11H,6-8H2,1-5H3. The molecule has 0 atom stereocenters. The van der Waals surface area contributed by atoms with Gasteiger partial charge in [0, 0.05) is 0 Å². The molecule has 0 fully saturated rings. The van der Waals surface area contributed by atoms with E-state index >= 15 is 0 Å². The van der Waals surface area contributed by atoms with Crippen molar-refractivity contribution in [2.75, 3.05) is 0 Å². The first-order chi connectivity index (χ1) is 6.02. The molecular weight excluding hydrogens is 156 g/mol. The quantitative estimate of drug-likeness (QED) is 0.549. The minimum atomic E-state index is 0.325. The zero-order chi connectivity index (χ0) is 10.3. The van der Waals surface area contributed by atoms with Crippen molar-refractivity contribution in [3.05, 3.63) is 23.8 Å². The molecule has 13 heavy (non-hydrogen) atoms. The third kappa shape index (κ3) is 5.68. The second-order valence-corrected chi connectivity index (χ2v) is 4.51. The SMILES string of the molecule is CCCC=CC=C(CC)C(C)(C)C. The molecule has 76 valence electrons. The first-order valence-corrected chi connectivity index (χ1v) is 5.38. The van der Waals surface area contributed by atoms with Crippen LogP contribution < -0.4 is 0 Å². The molecule has 0 aromatic heterocycles. The van der Waals surface area contributed by atoms with Crippen LogP contribution in [-0.2, 0) is 0 Å². The molecule has 0 saturated heterocycles. The number of hydrogen-bond donors (Lipinski definition) is 0. The molecule has 0 spiro atoms. The van der Waals surface area contributed by atoms with Gasteiger partial charge in [0.2, 0.25) is 0 Å². The first-order valence-electron chi connectivity index (χ1n) is 5.38. The largest absolute Gasteiger partial charge is 0.0845 e. The Bertz CT molecular complexity index is 177. The molecule has 0 saturated carbocycles. The second-order valence-electron chi connectivity index (χ2n) is 4.51. The van der Waals surface area contributed by atoms with E-state index in [1.165, 1.54) is 18.4 Å². The zero-order valence-corrected chi connectivity index (χ0v) is 9.85. The Morgan fingerprint density at radius 2 is 1.77 bits per heavy atom. The van der Waals surface area contributed by atoms with Gasteiger partial charge >= 0.3 is 0 Å². The van der Waals surface area contributed by atoms with Gasteiger partial charge < -0.3 is 0 Å². The van der Waals surface area contributed by atoms with Crippen molar-refractivity contribution in [2.45, 2.75) is 53.9 Å². The summed E-state index contributed by atoms with van der Waals surface area (Å²) in [6, 6.07) is 0. The van der Waals surface area contributed by atoms with Crippen LogP contribution in [0.25, 0.3) is 0 Å². The molecule has 0 aliphatic carbocycles. The van der Waals surface area contributed by atoms with Crippen LogP contribution in [0.3, 0.4) is 0 Å². The fourth-order valence-electron chi connectivity index (χ4n) is 1.35. The van der Waals surface area contributed by atoms with E-state index in [1.54, 1.807) is 0 Å². The van der Waals surface area contributed by atoms with E-state index in [0.29, 0.717) is 5.41 Å². The molecule has 0 aliphatic heterocycles. The highest BCUT2D eigenvalue weighted by Crippen LogP contribution is 2.27. The molecule has 0 aromatic rings. The number of unbranched alkanes of at least 4 members (excludes halogenated alkanes) is 1. The molecule has 0 aromatic carbocycles. The van der Waals surface area contributed by atoms with E-state index in [9.17, 15) is 0 Å². The predicted molar refractivity (Wildman–Crippen MR) is 61.9 cm³/mol. The summed E-state index contributed by atoms with van der Waals surface area (Å²) in [5, 5.41) is 0.